The second-order valence-electron chi connectivity index (χ2n) is 8.79. The van der Waals surface area contributed by atoms with E-state index in [9.17, 15) is 20.1 Å². The third-order valence-corrected chi connectivity index (χ3v) is 5.76. The molecule has 0 saturated heterocycles. The third-order valence-electron chi connectivity index (χ3n) is 5.76. The molecular weight excluding hydrogens is 436 g/mol. The topological polar surface area (TPSA) is 109 Å². The maximum absolute atomic E-state index is 13.3. The highest BCUT2D eigenvalue weighted by atomic mass is 16.5. The van der Waals surface area contributed by atoms with Crippen molar-refractivity contribution < 1.29 is 29.2 Å². The molecule has 0 fully saturated rings. The molecule has 0 saturated carbocycles. The second kappa shape index (κ2) is 10.7. The first-order valence-electron chi connectivity index (χ1n) is 11.2. The van der Waals surface area contributed by atoms with Gasteiger partial charge >= 0.3 is 0 Å². The summed E-state index contributed by atoms with van der Waals surface area (Å²) < 4.78 is 16.5. The lowest BCUT2D eigenvalue weighted by Crippen LogP contribution is -2.08. The molecule has 0 aliphatic carbocycles. The Kier molecular flexibility index (Phi) is 7.89. The van der Waals surface area contributed by atoms with Gasteiger partial charge in [-0.25, -0.2) is 0 Å². The van der Waals surface area contributed by atoms with E-state index in [0.717, 1.165) is 24.0 Å². The summed E-state index contributed by atoms with van der Waals surface area (Å²) in [5.74, 6) is -0.739. The van der Waals surface area contributed by atoms with Gasteiger partial charge in [-0.3, -0.25) is 4.79 Å². The number of aliphatic hydroxyl groups is 1. The van der Waals surface area contributed by atoms with E-state index < -0.39 is 11.2 Å². The van der Waals surface area contributed by atoms with Crippen molar-refractivity contribution in [3.63, 3.8) is 0 Å². The van der Waals surface area contributed by atoms with E-state index in [-0.39, 0.29) is 46.5 Å². The number of fused-ring (bicyclic) bond motifs is 1. The average Bonchev–Trinajstić information content (AvgIpc) is 2.80. The minimum Gasteiger partial charge on any atom is -0.504 e. The zero-order chi connectivity index (χ0) is 25.0. The van der Waals surface area contributed by atoms with E-state index in [0.29, 0.717) is 12.0 Å². The number of methoxy groups -OCH3 is 2. The van der Waals surface area contributed by atoms with Gasteiger partial charge in [0, 0.05) is 18.2 Å². The average molecular weight is 469 g/mol. The van der Waals surface area contributed by atoms with Gasteiger partial charge in [-0.15, -0.1) is 0 Å². The SMILES string of the molecule is COc1c(O)cc2oc(-c3cc(CC=C(C)C)cc(CCC(C)CO)c3)c(OC)c(=O)c2c1O. The Hall–Kier alpha value is -3.45. The van der Waals surface area contributed by atoms with Gasteiger partial charge in [0.15, 0.2) is 17.3 Å². The molecule has 3 N–H and O–H groups in total. The summed E-state index contributed by atoms with van der Waals surface area (Å²) in [6, 6.07) is 7.23. The van der Waals surface area contributed by atoms with Crippen LogP contribution in [0, 0.1) is 5.92 Å². The predicted octanol–water partition coefficient (Wildman–Crippen LogP) is 4.96. The number of hydrogen-bond acceptors (Lipinski definition) is 7. The molecule has 7 nitrogen and oxygen atoms in total. The van der Waals surface area contributed by atoms with Crippen LogP contribution in [0.2, 0.25) is 0 Å². The molecule has 182 valence electrons. The van der Waals surface area contributed by atoms with Gasteiger partial charge in [0.05, 0.1) is 14.2 Å². The fourth-order valence-corrected chi connectivity index (χ4v) is 3.85. The van der Waals surface area contributed by atoms with Crippen LogP contribution in [-0.4, -0.2) is 36.1 Å². The van der Waals surface area contributed by atoms with Crippen LogP contribution < -0.4 is 14.9 Å². The summed E-state index contributed by atoms with van der Waals surface area (Å²) in [6.45, 7) is 6.18. The quantitative estimate of drug-likeness (QED) is 0.381. The van der Waals surface area contributed by atoms with Crippen molar-refractivity contribution in [1.29, 1.82) is 0 Å². The van der Waals surface area contributed by atoms with Gasteiger partial charge in [0.25, 0.3) is 0 Å². The largest absolute Gasteiger partial charge is 0.504 e. The number of aryl methyl sites for hydroxylation is 1. The fourth-order valence-electron chi connectivity index (χ4n) is 3.85. The molecule has 0 spiro atoms. The molecule has 0 bridgehead atoms. The number of ether oxygens (including phenoxy) is 2. The van der Waals surface area contributed by atoms with E-state index in [2.05, 4.69) is 12.1 Å². The summed E-state index contributed by atoms with van der Waals surface area (Å²) >= 11 is 0. The van der Waals surface area contributed by atoms with Crippen LogP contribution in [0.5, 0.6) is 23.0 Å². The van der Waals surface area contributed by atoms with Gasteiger partial charge in [-0.1, -0.05) is 24.6 Å². The molecule has 3 rings (SSSR count). The van der Waals surface area contributed by atoms with Crippen molar-refractivity contribution in [3.8, 4) is 34.3 Å². The lowest BCUT2D eigenvalue weighted by molar-refractivity contribution is 0.230. The van der Waals surface area contributed by atoms with Crippen molar-refractivity contribution in [2.24, 2.45) is 5.92 Å². The molecule has 0 amide bonds. The zero-order valence-electron chi connectivity index (χ0n) is 20.3. The first-order chi connectivity index (χ1) is 16.2. The monoisotopic (exact) mass is 468 g/mol. The van der Waals surface area contributed by atoms with Crippen LogP contribution in [0.4, 0.5) is 0 Å². The van der Waals surface area contributed by atoms with Crippen molar-refractivity contribution in [2.45, 2.75) is 40.0 Å². The molecule has 34 heavy (non-hydrogen) atoms. The Labute approximate surface area is 198 Å². The molecule has 1 heterocycles. The molecule has 1 atom stereocenters. The van der Waals surface area contributed by atoms with E-state index in [4.69, 9.17) is 13.9 Å². The molecule has 2 aromatic carbocycles. The molecular formula is C27H32O7. The predicted molar refractivity (Wildman–Crippen MR) is 132 cm³/mol. The van der Waals surface area contributed by atoms with E-state index in [1.807, 2.05) is 32.9 Å². The van der Waals surface area contributed by atoms with Crippen molar-refractivity contribution >= 4 is 11.0 Å². The van der Waals surface area contributed by atoms with Crippen molar-refractivity contribution in [1.82, 2.24) is 0 Å². The number of phenols is 2. The van der Waals surface area contributed by atoms with Crippen molar-refractivity contribution in [3.05, 3.63) is 57.3 Å². The van der Waals surface area contributed by atoms with Crippen LogP contribution >= 0.6 is 0 Å². The number of hydrogen-bond donors (Lipinski definition) is 3. The minimum atomic E-state index is -0.570. The van der Waals surface area contributed by atoms with Gasteiger partial charge < -0.3 is 29.2 Å². The Bertz CT molecular complexity index is 1270. The van der Waals surface area contributed by atoms with Crippen LogP contribution in [0.25, 0.3) is 22.3 Å². The number of benzene rings is 2. The summed E-state index contributed by atoms with van der Waals surface area (Å²) in [4.78, 5) is 13.3. The third kappa shape index (κ3) is 5.20. The van der Waals surface area contributed by atoms with Crippen LogP contribution in [0.3, 0.4) is 0 Å². The normalized spacial score (nSPS) is 11.9. The number of allylic oxidation sites excluding steroid dienone is 2. The van der Waals surface area contributed by atoms with Gasteiger partial charge in [0.2, 0.25) is 16.9 Å². The molecule has 1 unspecified atom stereocenters. The maximum atomic E-state index is 13.3. The van der Waals surface area contributed by atoms with Gasteiger partial charge in [-0.2, -0.15) is 0 Å². The lowest BCUT2D eigenvalue weighted by Gasteiger charge is -2.15. The Morgan fingerprint density at radius 2 is 1.74 bits per heavy atom. The fraction of sp³-hybridized carbons (Fsp3) is 0.370. The van der Waals surface area contributed by atoms with Gasteiger partial charge in [0.1, 0.15) is 11.0 Å². The Morgan fingerprint density at radius 3 is 2.35 bits per heavy atom. The number of phenolic OH excluding ortho intramolecular Hbond substituents is 2. The van der Waals surface area contributed by atoms with Gasteiger partial charge in [-0.05, 0) is 62.3 Å². The van der Waals surface area contributed by atoms with Crippen LogP contribution in [0.1, 0.15) is 38.3 Å². The highest BCUT2D eigenvalue weighted by molar-refractivity contribution is 5.91. The number of aliphatic hydroxyl groups excluding tert-OH is 1. The standard InChI is InChI=1S/C27H32O7/c1-15(2)6-8-17-10-18(9-7-16(3)14-28)12-19(11-17)25-27(33-5)24(31)22-21(34-25)13-20(29)26(32-4)23(22)30/h6,10-13,16,28-30H,7-9,14H2,1-5H3. The number of aromatic hydroxyl groups is 2. The molecule has 3 aromatic rings. The van der Waals surface area contributed by atoms with Crippen LogP contribution in [-0.2, 0) is 12.8 Å². The summed E-state index contributed by atoms with van der Waals surface area (Å²) in [7, 11) is 2.65. The smallest absolute Gasteiger partial charge is 0.239 e. The van der Waals surface area contributed by atoms with Crippen molar-refractivity contribution in [2.75, 3.05) is 20.8 Å². The lowest BCUT2D eigenvalue weighted by atomic mass is 9.95. The molecule has 1 aromatic heterocycles. The summed E-state index contributed by atoms with van der Waals surface area (Å²) in [5, 5.41) is 30.0. The zero-order valence-corrected chi connectivity index (χ0v) is 20.3. The Morgan fingerprint density at radius 1 is 1.06 bits per heavy atom. The highest BCUT2D eigenvalue weighted by Gasteiger charge is 2.24. The van der Waals surface area contributed by atoms with E-state index in [1.165, 1.54) is 25.9 Å². The molecule has 0 aliphatic heterocycles. The summed E-state index contributed by atoms with van der Waals surface area (Å²) in [5.41, 5.74) is 3.37. The first kappa shape index (κ1) is 25.2. The second-order valence-corrected chi connectivity index (χ2v) is 8.79. The first-order valence-corrected chi connectivity index (χ1v) is 11.2. The van der Waals surface area contributed by atoms with E-state index in [1.54, 1.807) is 0 Å². The summed E-state index contributed by atoms with van der Waals surface area (Å²) in [6.07, 6.45) is 4.38. The highest BCUT2D eigenvalue weighted by Crippen LogP contribution is 2.43. The van der Waals surface area contributed by atoms with E-state index >= 15 is 0 Å². The Balaban J connectivity index is 2.24. The maximum Gasteiger partial charge on any atom is 0.239 e. The molecule has 0 radical (unpaired) electrons. The number of rotatable bonds is 9. The molecule has 7 heteroatoms. The molecule has 0 aliphatic rings. The minimum absolute atomic E-state index is 0.0155. The van der Waals surface area contributed by atoms with Crippen LogP contribution in [0.15, 0.2) is 45.1 Å².